The molecule has 0 radical (unpaired) electrons. The molecule has 35 heavy (non-hydrogen) atoms. The maximum atomic E-state index is 13.2. The van der Waals surface area contributed by atoms with Gasteiger partial charge in [0, 0.05) is 5.56 Å². The van der Waals surface area contributed by atoms with Crippen LogP contribution in [0.5, 0.6) is 5.19 Å². The number of amides is 1. The van der Waals surface area contributed by atoms with Gasteiger partial charge in [-0.1, -0.05) is 53.8 Å². The fraction of sp³-hybridized carbons (Fsp3) is 0.222. The number of hydrogen-bond donors (Lipinski definition) is 2. The van der Waals surface area contributed by atoms with E-state index in [1.807, 2.05) is 73.8 Å². The first-order chi connectivity index (χ1) is 17.0. The summed E-state index contributed by atoms with van der Waals surface area (Å²) in [7, 11) is 0. The Balaban J connectivity index is 1.62. The van der Waals surface area contributed by atoms with Crippen molar-refractivity contribution in [1.29, 1.82) is 0 Å². The number of carboxylic acids is 1. The molecule has 0 saturated carbocycles. The third kappa shape index (κ3) is 6.01. The second-order valence-electron chi connectivity index (χ2n) is 8.08. The van der Waals surface area contributed by atoms with Crippen molar-refractivity contribution < 1.29 is 19.4 Å². The Morgan fingerprint density at radius 2 is 1.86 bits per heavy atom. The van der Waals surface area contributed by atoms with E-state index in [2.05, 4.69) is 10.3 Å². The number of aliphatic carboxylic acids is 1. The molecular weight excluding hydrogens is 480 g/mol. The summed E-state index contributed by atoms with van der Waals surface area (Å²) >= 11 is 3.03. The lowest BCUT2D eigenvalue weighted by Crippen LogP contribution is -2.41. The number of carboxylic acid groups (broad SMARTS) is 1. The first-order valence-electron chi connectivity index (χ1n) is 11.2. The number of thioether (sulfide) groups is 1. The molecule has 0 aliphatic carbocycles. The molecule has 1 heterocycles. The van der Waals surface area contributed by atoms with Gasteiger partial charge in [0.25, 0.3) is 11.1 Å². The van der Waals surface area contributed by atoms with Crippen molar-refractivity contribution in [3.8, 4) is 16.3 Å². The van der Waals surface area contributed by atoms with Crippen LogP contribution in [-0.4, -0.2) is 40.0 Å². The van der Waals surface area contributed by atoms with E-state index < -0.39 is 17.9 Å². The van der Waals surface area contributed by atoms with Gasteiger partial charge in [0.15, 0.2) is 0 Å². The predicted molar refractivity (Wildman–Crippen MR) is 142 cm³/mol. The van der Waals surface area contributed by atoms with Crippen LogP contribution in [0.15, 0.2) is 66.7 Å². The first kappa shape index (κ1) is 24.8. The number of nitrogens with one attached hydrogen (secondary N) is 1. The van der Waals surface area contributed by atoms with Crippen molar-refractivity contribution in [2.75, 3.05) is 12.0 Å². The third-order valence-electron chi connectivity index (χ3n) is 5.61. The van der Waals surface area contributed by atoms with E-state index in [4.69, 9.17) is 4.74 Å². The van der Waals surface area contributed by atoms with Gasteiger partial charge in [-0.3, -0.25) is 4.79 Å². The highest BCUT2D eigenvalue weighted by Crippen LogP contribution is 2.30. The van der Waals surface area contributed by atoms with Crippen LogP contribution in [0.2, 0.25) is 0 Å². The number of para-hydroxylation sites is 1. The SMILES string of the molecule is CSCCC(NC(=O)c1ccc(COc2nc3ccccc3s2)cc1-c1ccccc1C)C(=O)O. The van der Waals surface area contributed by atoms with Crippen LogP contribution in [0, 0.1) is 6.92 Å². The Kier molecular flexibility index (Phi) is 8.05. The zero-order chi connectivity index (χ0) is 24.8. The maximum Gasteiger partial charge on any atom is 0.326 e. The summed E-state index contributed by atoms with van der Waals surface area (Å²) in [5.41, 5.74) is 4.88. The smallest absolute Gasteiger partial charge is 0.326 e. The van der Waals surface area contributed by atoms with Crippen molar-refractivity contribution in [3.05, 3.63) is 83.4 Å². The van der Waals surface area contributed by atoms with E-state index in [0.717, 1.165) is 32.5 Å². The Labute approximate surface area is 212 Å². The van der Waals surface area contributed by atoms with Crippen molar-refractivity contribution in [1.82, 2.24) is 10.3 Å². The summed E-state index contributed by atoms with van der Waals surface area (Å²) in [5, 5.41) is 12.8. The number of benzene rings is 3. The van der Waals surface area contributed by atoms with Crippen LogP contribution in [0.1, 0.15) is 27.9 Å². The van der Waals surface area contributed by atoms with Gasteiger partial charge in [-0.15, -0.1) is 0 Å². The molecule has 4 rings (SSSR count). The van der Waals surface area contributed by atoms with Gasteiger partial charge in [-0.05, 0) is 71.9 Å². The van der Waals surface area contributed by atoms with Crippen LogP contribution in [0.25, 0.3) is 21.3 Å². The van der Waals surface area contributed by atoms with Crippen LogP contribution >= 0.6 is 23.1 Å². The molecular formula is C27H26N2O4S2. The highest BCUT2D eigenvalue weighted by Gasteiger charge is 2.23. The van der Waals surface area contributed by atoms with Gasteiger partial charge in [0.05, 0.1) is 10.2 Å². The lowest BCUT2D eigenvalue weighted by molar-refractivity contribution is -0.139. The molecule has 8 heteroatoms. The Bertz CT molecular complexity index is 1320. The summed E-state index contributed by atoms with van der Waals surface area (Å²) in [6.07, 6.45) is 2.27. The van der Waals surface area contributed by atoms with E-state index in [9.17, 15) is 14.7 Å². The largest absolute Gasteiger partial charge is 0.480 e. The molecule has 0 fully saturated rings. The topological polar surface area (TPSA) is 88.5 Å². The molecule has 1 amide bonds. The maximum absolute atomic E-state index is 13.2. The molecule has 1 aromatic heterocycles. The van der Waals surface area contributed by atoms with Gasteiger partial charge < -0.3 is 15.2 Å². The molecule has 180 valence electrons. The molecule has 0 aliphatic rings. The van der Waals surface area contributed by atoms with Gasteiger partial charge >= 0.3 is 5.97 Å². The van der Waals surface area contributed by atoms with Gasteiger partial charge in [-0.25, -0.2) is 9.78 Å². The zero-order valence-corrected chi connectivity index (χ0v) is 21.1. The number of thiazole rings is 1. The quantitative estimate of drug-likeness (QED) is 0.283. The van der Waals surface area contributed by atoms with Crippen molar-refractivity contribution in [3.63, 3.8) is 0 Å². The van der Waals surface area contributed by atoms with Crippen molar-refractivity contribution in [2.24, 2.45) is 0 Å². The monoisotopic (exact) mass is 506 g/mol. The number of carbonyl (C=O) groups is 2. The summed E-state index contributed by atoms with van der Waals surface area (Å²) in [5.74, 6) is -0.801. The standard InChI is InChI=1S/C27H26N2O4S2/c1-17-7-3-4-8-19(17)21-15-18(16-33-27-29-22-9-5-6-10-24(22)35-27)11-12-20(21)25(30)28-23(26(31)32)13-14-34-2/h3-12,15,23H,13-14,16H2,1-2H3,(H,28,30)(H,31,32). The Morgan fingerprint density at radius 1 is 1.09 bits per heavy atom. The van der Waals surface area contributed by atoms with Crippen molar-refractivity contribution >= 4 is 45.2 Å². The summed E-state index contributed by atoms with van der Waals surface area (Å²) in [4.78, 5) is 29.4. The lowest BCUT2D eigenvalue weighted by Gasteiger charge is -2.17. The van der Waals surface area contributed by atoms with E-state index in [1.165, 1.54) is 11.3 Å². The van der Waals surface area contributed by atoms with Gasteiger partial charge in [-0.2, -0.15) is 11.8 Å². The van der Waals surface area contributed by atoms with E-state index in [-0.39, 0.29) is 0 Å². The number of hydrogen-bond acceptors (Lipinski definition) is 6. The second kappa shape index (κ2) is 11.4. The number of aryl methyl sites for hydroxylation is 1. The Morgan fingerprint density at radius 3 is 2.60 bits per heavy atom. The number of nitrogens with zero attached hydrogens (tertiary/aromatic N) is 1. The molecule has 3 aromatic carbocycles. The highest BCUT2D eigenvalue weighted by atomic mass is 32.2. The molecule has 0 aliphatic heterocycles. The lowest BCUT2D eigenvalue weighted by atomic mass is 9.93. The van der Waals surface area contributed by atoms with Crippen LogP contribution < -0.4 is 10.1 Å². The normalized spacial score (nSPS) is 11.8. The molecule has 2 N–H and O–H groups in total. The highest BCUT2D eigenvalue weighted by molar-refractivity contribution is 7.98. The minimum Gasteiger partial charge on any atom is -0.480 e. The number of ether oxygens (including phenoxy) is 1. The minimum absolute atomic E-state index is 0.298. The number of rotatable bonds is 10. The number of fused-ring (bicyclic) bond motifs is 1. The summed E-state index contributed by atoms with van der Waals surface area (Å²) in [6, 6.07) is 20.3. The van der Waals surface area contributed by atoms with Crippen molar-refractivity contribution in [2.45, 2.75) is 26.0 Å². The van der Waals surface area contributed by atoms with E-state index in [1.54, 1.807) is 17.8 Å². The second-order valence-corrected chi connectivity index (χ2v) is 10.1. The molecule has 1 unspecified atom stereocenters. The number of aromatic nitrogens is 1. The van der Waals surface area contributed by atoms with Crippen LogP contribution in [0.4, 0.5) is 0 Å². The van der Waals surface area contributed by atoms with E-state index in [0.29, 0.717) is 29.5 Å². The van der Waals surface area contributed by atoms with Crippen LogP contribution in [0.3, 0.4) is 0 Å². The summed E-state index contributed by atoms with van der Waals surface area (Å²) in [6.45, 7) is 2.28. The molecule has 0 bridgehead atoms. The molecule has 6 nitrogen and oxygen atoms in total. The molecule has 0 spiro atoms. The average molecular weight is 507 g/mol. The molecule has 4 aromatic rings. The predicted octanol–water partition coefficient (Wildman–Crippen LogP) is 5.79. The first-order valence-corrected chi connectivity index (χ1v) is 13.4. The average Bonchev–Trinajstić information content (AvgIpc) is 3.28. The molecule has 0 saturated heterocycles. The summed E-state index contributed by atoms with van der Waals surface area (Å²) < 4.78 is 7.03. The third-order valence-corrected chi connectivity index (χ3v) is 7.21. The number of carbonyl (C=O) groups excluding carboxylic acids is 1. The van der Waals surface area contributed by atoms with Crippen LogP contribution in [-0.2, 0) is 11.4 Å². The fourth-order valence-electron chi connectivity index (χ4n) is 3.76. The van der Waals surface area contributed by atoms with Gasteiger partial charge in [0.1, 0.15) is 12.6 Å². The Hall–Kier alpha value is -3.36. The zero-order valence-electron chi connectivity index (χ0n) is 19.5. The van der Waals surface area contributed by atoms with Gasteiger partial charge in [0.2, 0.25) is 0 Å². The minimum atomic E-state index is -1.04. The van der Waals surface area contributed by atoms with E-state index >= 15 is 0 Å². The fourth-order valence-corrected chi connectivity index (χ4v) is 5.05. The molecule has 1 atom stereocenters.